The number of aliphatic hydroxyl groups is 1. The number of aromatic nitrogens is 2. The minimum absolute atomic E-state index is 0.149. The van der Waals surface area contributed by atoms with Crippen molar-refractivity contribution in [3.05, 3.63) is 47.3 Å². The van der Waals surface area contributed by atoms with Crippen molar-refractivity contribution in [3.8, 4) is 5.75 Å². The third kappa shape index (κ3) is 3.28. The molecule has 1 amide bonds. The van der Waals surface area contributed by atoms with Gasteiger partial charge in [-0.05, 0) is 43.4 Å². The molecular formula is C18H23N3O3. The van der Waals surface area contributed by atoms with Crippen LogP contribution in [0.15, 0.2) is 30.6 Å². The summed E-state index contributed by atoms with van der Waals surface area (Å²) in [6.07, 6.45) is 4.79. The van der Waals surface area contributed by atoms with Crippen LogP contribution < -0.4 is 10.1 Å². The second-order valence-electron chi connectivity index (χ2n) is 6.47. The van der Waals surface area contributed by atoms with Crippen LogP contribution in [0.25, 0.3) is 0 Å². The minimum atomic E-state index is -0.273. The summed E-state index contributed by atoms with van der Waals surface area (Å²) < 4.78 is 7.02. The number of nitrogens with zero attached hydrogens (tertiary/aromatic N) is 2. The number of aliphatic hydroxyl groups excluding tert-OH is 1. The van der Waals surface area contributed by atoms with E-state index in [1.807, 2.05) is 26.2 Å². The number of amides is 1. The molecular weight excluding hydrogens is 306 g/mol. The number of rotatable bonds is 5. The van der Waals surface area contributed by atoms with Gasteiger partial charge in [-0.1, -0.05) is 6.07 Å². The van der Waals surface area contributed by atoms with Crippen LogP contribution in [-0.2, 0) is 7.05 Å². The lowest BCUT2D eigenvalue weighted by Gasteiger charge is -2.37. The number of ether oxygens (including phenoxy) is 1. The molecule has 0 aliphatic heterocycles. The van der Waals surface area contributed by atoms with Gasteiger partial charge in [-0.2, -0.15) is 5.10 Å². The molecule has 1 fully saturated rings. The Bertz CT molecular complexity index is 735. The molecule has 6 heteroatoms. The van der Waals surface area contributed by atoms with Crippen molar-refractivity contribution in [2.45, 2.75) is 31.9 Å². The number of carbonyl (C=O) groups excluding carboxylic acids is 1. The monoisotopic (exact) mass is 329 g/mol. The van der Waals surface area contributed by atoms with Crippen molar-refractivity contribution in [3.63, 3.8) is 0 Å². The Balaban J connectivity index is 1.80. The molecule has 1 saturated carbocycles. The average Bonchev–Trinajstić information content (AvgIpc) is 2.96. The van der Waals surface area contributed by atoms with Gasteiger partial charge in [0.2, 0.25) is 0 Å². The first-order valence-electron chi connectivity index (χ1n) is 8.10. The minimum Gasteiger partial charge on any atom is -0.496 e. The molecule has 128 valence electrons. The van der Waals surface area contributed by atoms with Gasteiger partial charge in [0.1, 0.15) is 5.75 Å². The maximum atomic E-state index is 12.7. The highest BCUT2D eigenvalue weighted by atomic mass is 16.5. The zero-order chi connectivity index (χ0) is 17.3. The van der Waals surface area contributed by atoms with Gasteiger partial charge in [-0.25, -0.2) is 0 Å². The van der Waals surface area contributed by atoms with Crippen LogP contribution in [0.5, 0.6) is 5.75 Å². The molecule has 1 atom stereocenters. The summed E-state index contributed by atoms with van der Waals surface area (Å²) in [5.74, 6) is 0.767. The van der Waals surface area contributed by atoms with Crippen LogP contribution in [-0.4, -0.2) is 34.0 Å². The quantitative estimate of drug-likeness (QED) is 0.879. The molecule has 2 aromatic rings. The largest absolute Gasteiger partial charge is 0.496 e. The van der Waals surface area contributed by atoms with E-state index < -0.39 is 0 Å². The van der Waals surface area contributed by atoms with Crippen molar-refractivity contribution in [1.82, 2.24) is 15.1 Å². The summed E-state index contributed by atoms with van der Waals surface area (Å²) in [5.41, 5.74) is 2.51. The van der Waals surface area contributed by atoms with Gasteiger partial charge in [0.05, 0.1) is 25.5 Å². The molecule has 1 aliphatic rings. The molecule has 0 radical (unpaired) electrons. The molecule has 0 spiro atoms. The van der Waals surface area contributed by atoms with E-state index in [1.54, 1.807) is 30.1 Å². The summed E-state index contributed by atoms with van der Waals surface area (Å²) in [4.78, 5) is 12.7. The lowest BCUT2D eigenvalue weighted by Crippen LogP contribution is -2.41. The van der Waals surface area contributed by atoms with Gasteiger partial charge in [0.25, 0.3) is 5.91 Å². The Morgan fingerprint density at radius 2 is 2.21 bits per heavy atom. The smallest absolute Gasteiger partial charge is 0.251 e. The molecule has 0 unspecified atom stereocenters. The average molecular weight is 329 g/mol. The topological polar surface area (TPSA) is 76.4 Å². The number of benzene rings is 1. The SMILES string of the molecule is COc1cc(C(=O)N[C@@H](c2cnn(C)c2)C2CC(O)C2)ccc1C. The van der Waals surface area contributed by atoms with Crippen molar-refractivity contribution in [2.24, 2.45) is 13.0 Å². The van der Waals surface area contributed by atoms with E-state index in [2.05, 4.69) is 10.4 Å². The predicted molar refractivity (Wildman–Crippen MR) is 89.9 cm³/mol. The molecule has 1 aliphatic carbocycles. The highest BCUT2D eigenvalue weighted by Gasteiger charge is 2.36. The van der Waals surface area contributed by atoms with Crippen molar-refractivity contribution in [2.75, 3.05) is 7.11 Å². The number of methoxy groups -OCH3 is 1. The van der Waals surface area contributed by atoms with Gasteiger partial charge in [-0.3, -0.25) is 9.48 Å². The summed E-state index contributed by atoms with van der Waals surface area (Å²) in [7, 11) is 3.45. The van der Waals surface area contributed by atoms with Crippen LogP contribution >= 0.6 is 0 Å². The molecule has 3 rings (SSSR count). The molecule has 6 nitrogen and oxygen atoms in total. The Kier molecular flexibility index (Phi) is 4.57. The first-order chi connectivity index (χ1) is 11.5. The van der Waals surface area contributed by atoms with E-state index in [4.69, 9.17) is 4.74 Å². The molecule has 1 heterocycles. The van der Waals surface area contributed by atoms with Crippen molar-refractivity contribution in [1.29, 1.82) is 0 Å². The number of nitrogens with one attached hydrogen (secondary N) is 1. The maximum absolute atomic E-state index is 12.7. The zero-order valence-electron chi connectivity index (χ0n) is 14.2. The summed E-state index contributed by atoms with van der Waals surface area (Å²) >= 11 is 0. The highest BCUT2D eigenvalue weighted by molar-refractivity contribution is 5.95. The molecule has 1 aromatic carbocycles. The number of hydrogen-bond acceptors (Lipinski definition) is 4. The number of aryl methyl sites for hydroxylation is 2. The standard InChI is InChI=1S/C18H23N3O3/c1-11-4-5-12(8-16(11)24-3)18(23)20-17(13-6-15(22)7-13)14-9-19-21(2)10-14/h4-5,8-10,13,15,17,22H,6-7H2,1-3H3,(H,20,23)/t13?,15?,17-/m1/s1. The van der Waals surface area contributed by atoms with Gasteiger partial charge in [0.15, 0.2) is 0 Å². The van der Waals surface area contributed by atoms with E-state index in [-0.39, 0.29) is 24.0 Å². The molecule has 0 bridgehead atoms. The maximum Gasteiger partial charge on any atom is 0.251 e. The van der Waals surface area contributed by atoms with Crippen LogP contribution in [0.2, 0.25) is 0 Å². The van der Waals surface area contributed by atoms with Gasteiger partial charge >= 0.3 is 0 Å². The second-order valence-corrected chi connectivity index (χ2v) is 6.47. The van der Waals surface area contributed by atoms with Crippen LogP contribution in [0.1, 0.15) is 40.4 Å². The summed E-state index contributed by atoms with van der Waals surface area (Å²) in [5, 5.41) is 16.9. The number of carbonyl (C=O) groups is 1. The van der Waals surface area contributed by atoms with Gasteiger partial charge in [-0.15, -0.1) is 0 Å². The highest BCUT2D eigenvalue weighted by Crippen LogP contribution is 2.38. The predicted octanol–water partition coefficient (Wildman–Crippen LogP) is 1.98. The van der Waals surface area contributed by atoms with Crippen molar-refractivity contribution >= 4 is 5.91 Å². The number of hydrogen-bond donors (Lipinski definition) is 2. The Labute approximate surface area is 141 Å². The normalized spacial score (nSPS) is 21.0. The fraction of sp³-hybridized carbons (Fsp3) is 0.444. The summed E-state index contributed by atoms with van der Waals surface area (Å²) in [6, 6.07) is 5.27. The fourth-order valence-corrected chi connectivity index (χ4v) is 3.16. The van der Waals surface area contributed by atoms with Crippen LogP contribution in [0.4, 0.5) is 0 Å². The molecule has 1 aromatic heterocycles. The van der Waals surface area contributed by atoms with E-state index >= 15 is 0 Å². The van der Waals surface area contributed by atoms with Gasteiger partial charge in [0, 0.05) is 24.4 Å². The van der Waals surface area contributed by atoms with Gasteiger partial charge < -0.3 is 15.2 Å². The molecule has 2 N–H and O–H groups in total. The van der Waals surface area contributed by atoms with Crippen LogP contribution in [0, 0.1) is 12.8 Å². The van der Waals surface area contributed by atoms with E-state index in [1.165, 1.54) is 0 Å². The zero-order valence-corrected chi connectivity index (χ0v) is 14.2. The van der Waals surface area contributed by atoms with E-state index in [0.29, 0.717) is 24.2 Å². The first kappa shape index (κ1) is 16.5. The second kappa shape index (κ2) is 6.65. The fourth-order valence-electron chi connectivity index (χ4n) is 3.16. The Morgan fingerprint density at radius 3 is 2.79 bits per heavy atom. The third-order valence-corrected chi connectivity index (χ3v) is 4.66. The lowest BCUT2D eigenvalue weighted by molar-refractivity contribution is 0.0235. The summed E-state index contributed by atoms with van der Waals surface area (Å²) in [6.45, 7) is 1.94. The lowest BCUT2D eigenvalue weighted by atomic mass is 9.75. The Morgan fingerprint density at radius 1 is 1.46 bits per heavy atom. The molecule has 24 heavy (non-hydrogen) atoms. The first-order valence-corrected chi connectivity index (χ1v) is 8.10. The van der Waals surface area contributed by atoms with E-state index in [0.717, 1.165) is 11.1 Å². The third-order valence-electron chi connectivity index (χ3n) is 4.66. The molecule has 0 saturated heterocycles. The van der Waals surface area contributed by atoms with Crippen LogP contribution in [0.3, 0.4) is 0 Å². The van der Waals surface area contributed by atoms with Crippen molar-refractivity contribution < 1.29 is 14.6 Å². The Hall–Kier alpha value is -2.34. The van der Waals surface area contributed by atoms with E-state index in [9.17, 15) is 9.90 Å².